The van der Waals surface area contributed by atoms with E-state index < -0.39 is 11.8 Å². The van der Waals surface area contributed by atoms with E-state index in [1.807, 2.05) is 0 Å². The number of amides is 2. The number of hydroxylamine groups is 1. The molecule has 0 aliphatic carbocycles. The van der Waals surface area contributed by atoms with Gasteiger partial charge in [0.25, 0.3) is 11.8 Å². The van der Waals surface area contributed by atoms with Crippen LogP contribution in [0.15, 0.2) is 34.9 Å². The van der Waals surface area contributed by atoms with Crippen molar-refractivity contribution in [3.05, 3.63) is 46.8 Å². The molecule has 0 saturated carbocycles. The van der Waals surface area contributed by atoms with Gasteiger partial charge in [-0.15, -0.1) is 0 Å². The average Bonchev–Trinajstić information content (AvgIpc) is 2.87. The van der Waals surface area contributed by atoms with Crippen molar-refractivity contribution in [2.75, 3.05) is 5.32 Å². The Bertz CT molecular complexity index is 609. The summed E-state index contributed by atoms with van der Waals surface area (Å²) in [5.41, 5.74) is 1.60. The molecule has 2 aromatic rings. The van der Waals surface area contributed by atoms with Crippen molar-refractivity contribution in [1.29, 1.82) is 0 Å². The van der Waals surface area contributed by atoms with E-state index in [1.54, 1.807) is 12.1 Å². The number of benzene rings is 1. The van der Waals surface area contributed by atoms with Crippen LogP contribution in [0, 0.1) is 0 Å². The summed E-state index contributed by atoms with van der Waals surface area (Å²) < 4.78 is 4.86. The summed E-state index contributed by atoms with van der Waals surface area (Å²) in [6, 6.07) is 6.04. The molecule has 0 aliphatic heterocycles. The summed E-state index contributed by atoms with van der Waals surface area (Å²) >= 11 is 5.70. The minimum Gasteiger partial charge on any atom is -0.431 e. The lowest BCUT2D eigenvalue weighted by molar-refractivity contribution is 0.0700. The number of carbonyl (C=O) groups excluding carboxylic acids is 2. The quantitative estimate of drug-likeness (QED) is 0.587. The lowest BCUT2D eigenvalue weighted by atomic mass is 10.2. The van der Waals surface area contributed by atoms with Gasteiger partial charge in [0.05, 0.1) is 0 Å². The third-order valence-electron chi connectivity index (χ3n) is 2.17. The van der Waals surface area contributed by atoms with Crippen LogP contribution in [0.25, 0.3) is 0 Å². The van der Waals surface area contributed by atoms with Gasteiger partial charge in [0.15, 0.2) is 5.69 Å². The second kappa shape index (κ2) is 5.51. The van der Waals surface area contributed by atoms with E-state index in [2.05, 4.69) is 10.3 Å². The summed E-state index contributed by atoms with van der Waals surface area (Å²) in [5.74, 6) is -1.30. The molecule has 2 rings (SSSR count). The topological polar surface area (TPSA) is 104 Å². The van der Waals surface area contributed by atoms with Crippen molar-refractivity contribution in [2.45, 2.75) is 0 Å². The molecular formula is C11H8ClN3O4. The van der Waals surface area contributed by atoms with Crippen molar-refractivity contribution in [2.24, 2.45) is 0 Å². The third kappa shape index (κ3) is 3.09. The van der Waals surface area contributed by atoms with Crippen LogP contribution in [0.3, 0.4) is 0 Å². The third-order valence-corrected chi connectivity index (χ3v) is 2.42. The molecule has 8 heteroatoms. The highest BCUT2D eigenvalue weighted by molar-refractivity contribution is 6.30. The maximum absolute atomic E-state index is 11.8. The normalized spacial score (nSPS) is 10.0. The summed E-state index contributed by atoms with van der Waals surface area (Å²) in [6.45, 7) is 0. The Labute approximate surface area is 112 Å². The largest absolute Gasteiger partial charge is 0.431 e. The van der Waals surface area contributed by atoms with Crippen LogP contribution in [0.1, 0.15) is 20.8 Å². The Kier molecular flexibility index (Phi) is 3.79. The van der Waals surface area contributed by atoms with Gasteiger partial charge in [-0.25, -0.2) is 5.48 Å². The minimum absolute atomic E-state index is 0.154. The molecule has 0 saturated heterocycles. The molecule has 19 heavy (non-hydrogen) atoms. The second-order valence-corrected chi connectivity index (χ2v) is 3.88. The van der Waals surface area contributed by atoms with E-state index in [4.69, 9.17) is 21.2 Å². The van der Waals surface area contributed by atoms with Crippen LogP contribution in [0.4, 0.5) is 6.01 Å². The zero-order chi connectivity index (χ0) is 13.8. The van der Waals surface area contributed by atoms with Crippen LogP contribution in [-0.4, -0.2) is 22.0 Å². The van der Waals surface area contributed by atoms with E-state index in [-0.39, 0.29) is 11.7 Å². The van der Waals surface area contributed by atoms with Gasteiger partial charge in [-0.2, -0.15) is 4.98 Å². The summed E-state index contributed by atoms with van der Waals surface area (Å²) in [6.07, 6.45) is 1.00. The van der Waals surface area contributed by atoms with Crippen molar-refractivity contribution in [3.8, 4) is 0 Å². The number of anilines is 1. The summed E-state index contributed by atoms with van der Waals surface area (Å²) in [5, 5.41) is 11.3. The molecule has 0 bridgehead atoms. The fourth-order valence-electron chi connectivity index (χ4n) is 1.26. The Morgan fingerprint density at radius 1 is 1.21 bits per heavy atom. The first-order chi connectivity index (χ1) is 9.10. The Hall–Kier alpha value is -2.38. The van der Waals surface area contributed by atoms with E-state index in [9.17, 15) is 9.59 Å². The Balaban J connectivity index is 2.08. The molecule has 0 atom stereocenters. The molecule has 3 N–H and O–H groups in total. The first kappa shape index (κ1) is 13.1. The van der Waals surface area contributed by atoms with Crippen LogP contribution < -0.4 is 10.8 Å². The number of halogens is 1. The van der Waals surface area contributed by atoms with Gasteiger partial charge in [0.2, 0.25) is 0 Å². The number of carbonyl (C=O) groups is 2. The van der Waals surface area contributed by atoms with Crippen molar-refractivity contribution in [1.82, 2.24) is 10.5 Å². The van der Waals surface area contributed by atoms with Crippen LogP contribution >= 0.6 is 11.6 Å². The number of nitrogens with zero attached hydrogens (tertiary/aromatic N) is 1. The zero-order valence-electron chi connectivity index (χ0n) is 9.38. The molecular weight excluding hydrogens is 274 g/mol. The highest BCUT2D eigenvalue weighted by Crippen LogP contribution is 2.12. The maximum atomic E-state index is 11.8. The summed E-state index contributed by atoms with van der Waals surface area (Å²) in [4.78, 5) is 26.4. The highest BCUT2D eigenvalue weighted by Gasteiger charge is 2.14. The number of nitrogens with one attached hydrogen (secondary N) is 2. The molecule has 2 amide bonds. The fraction of sp³-hybridized carbons (Fsp3) is 0. The smallest absolute Gasteiger partial charge is 0.302 e. The fourth-order valence-corrected chi connectivity index (χ4v) is 1.39. The molecule has 1 aromatic carbocycles. The first-order valence-electron chi connectivity index (χ1n) is 5.07. The second-order valence-electron chi connectivity index (χ2n) is 3.44. The predicted octanol–water partition coefficient (Wildman–Crippen LogP) is 1.70. The minimum atomic E-state index is -0.837. The number of rotatable bonds is 3. The van der Waals surface area contributed by atoms with Gasteiger partial charge >= 0.3 is 6.01 Å². The van der Waals surface area contributed by atoms with E-state index in [0.717, 1.165) is 6.26 Å². The number of aromatic nitrogens is 1. The van der Waals surface area contributed by atoms with Gasteiger partial charge in [0, 0.05) is 10.6 Å². The van der Waals surface area contributed by atoms with Crippen molar-refractivity contribution in [3.63, 3.8) is 0 Å². The van der Waals surface area contributed by atoms with Crippen LogP contribution in [0.5, 0.6) is 0 Å². The van der Waals surface area contributed by atoms with E-state index in [1.165, 1.54) is 17.6 Å². The van der Waals surface area contributed by atoms with Gasteiger partial charge in [-0.05, 0) is 24.3 Å². The van der Waals surface area contributed by atoms with Gasteiger partial charge < -0.3 is 4.42 Å². The lowest BCUT2D eigenvalue weighted by Crippen LogP contribution is -2.19. The molecule has 0 fully saturated rings. The highest BCUT2D eigenvalue weighted by atomic mass is 35.5. The van der Waals surface area contributed by atoms with Gasteiger partial charge in [0.1, 0.15) is 6.26 Å². The SMILES string of the molecule is O=C(Nc1nc(C(=O)NO)co1)c1ccc(Cl)cc1. The predicted molar refractivity (Wildman–Crippen MR) is 65.2 cm³/mol. The first-order valence-corrected chi connectivity index (χ1v) is 5.45. The molecule has 98 valence electrons. The molecule has 0 aliphatic rings. The molecule has 0 radical (unpaired) electrons. The monoisotopic (exact) mass is 281 g/mol. The maximum Gasteiger partial charge on any atom is 0.302 e. The molecule has 0 spiro atoms. The standard InChI is InChI=1S/C11H8ClN3O4/c12-7-3-1-6(2-4-7)9(16)14-11-13-8(5-19-11)10(17)15-18/h1-5,18H,(H,15,17)(H,13,14,16). The molecule has 1 aromatic heterocycles. The van der Waals surface area contributed by atoms with E-state index >= 15 is 0 Å². The summed E-state index contributed by atoms with van der Waals surface area (Å²) in [7, 11) is 0. The van der Waals surface area contributed by atoms with E-state index in [0.29, 0.717) is 10.6 Å². The zero-order valence-corrected chi connectivity index (χ0v) is 10.1. The van der Waals surface area contributed by atoms with Crippen molar-refractivity contribution < 1.29 is 19.2 Å². The molecule has 0 unspecified atom stereocenters. The lowest BCUT2D eigenvalue weighted by Gasteiger charge is -2.00. The van der Waals surface area contributed by atoms with Crippen LogP contribution in [0.2, 0.25) is 5.02 Å². The molecule has 1 heterocycles. The van der Waals surface area contributed by atoms with Crippen molar-refractivity contribution >= 4 is 29.4 Å². The van der Waals surface area contributed by atoms with Gasteiger partial charge in [-0.1, -0.05) is 11.6 Å². The Morgan fingerprint density at radius 2 is 1.89 bits per heavy atom. The average molecular weight is 282 g/mol. The number of hydrogen-bond donors (Lipinski definition) is 3. The van der Waals surface area contributed by atoms with Gasteiger partial charge in [-0.3, -0.25) is 20.1 Å². The number of hydrogen-bond acceptors (Lipinski definition) is 5. The Morgan fingerprint density at radius 3 is 2.53 bits per heavy atom. The number of oxazole rings is 1. The van der Waals surface area contributed by atoms with Crippen LogP contribution in [-0.2, 0) is 0 Å². The molecule has 7 nitrogen and oxygen atoms in total.